The van der Waals surface area contributed by atoms with Crippen molar-refractivity contribution in [3.05, 3.63) is 39.9 Å². The van der Waals surface area contributed by atoms with E-state index in [1.54, 1.807) is 25.1 Å². The minimum atomic E-state index is -0.558. The van der Waals surface area contributed by atoms with Gasteiger partial charge in [-0.25, -0.2) is 9.59 Å². The molecule has 146 valence electrons. The van der Waals surface area contributed by atoms with Crippen molar-refractivity contribution in [2.75, 3.05) is 32.1 Å². The molecule has 1 heterocycles. The highest BCUT2D eigenvalue weighted by Gasteiger charge is 2.27. The molecule has 1 aromatic rings. The third-order valence-electron chi connectivity index (χ3n) is 3.50. The zero-order chi connectivity index (χ0) is 19.8. The molecule has 0 atom stereocenters. The lowest BCUT2D eigenvalue weighted by atomic mass is 10.2. The molecule has 0 aliphatic carbocycles. The number of esters is 2. The zero-order valence-electron chi connectivity index (χ0n) is 15.0. The molecule has 9 heteroatoms. The summed E-state index contributed by atoms with van der Waals surface area (Å²) < 4.78 is 15.3. The monoisotopic (exact) mass is 413 g/mol. The van der Waals surface area contributed by atoms with Gasteiger partial charge in [-0.2, -0.15) is 0 Å². The number of amides is 1. The molecule has 2 rings (SSSR count). The number of nitrogens with zero attached hydrogens (tertiary/aromatic N) is 1. The molecule has 27 heavy (non-hydrogen) atoms. The largest absolute Gasteiger partial charge is 0.482 e. The van der Waals surface area contributed by atoms with Gasteiger partial charge in [-0.05, 0) is 37.6 Å². The summed E-state index contributed by atoms with van der Waals surface area (Å²) in [4.78, 5) is 36.6. The predicted octanol–water partition coefficient (Wildman–Crippen LogP) is 2.55. The lowest BCUT2D eigenvalue weighted by molar-refractivity contribution is -0.147. The highest BCUT2D eigenvalue weighted by Crippen LogP contribution is 2.28. The maximum Gasteiger partial charge on any atom is 0.344 e. The summed E-state index contributed by atoms with van der Waals surface area (Å²) >= 11 is 7.17. The summed E-state index contributed by atoms with van der Waals surface area (Å²) in [5, 5.41) is 1.10. The van der Waals surface area contributed by atoms with Crippen LogP contribution in [0.4, 0.5) is 0 Å². The molecule has 1 saturated heterocycles. The molecule has 0 N–H and O–H groups in total. The fourth-order valence-electron chi connectivity index (χ4n) is 2.20. The highest BCUT2D eigenvalue weighted by molar-refractivity contribution is 8.04. The lowest BCUT2D eigenvalue weighted by Crippen LogP contribution is -2.30. The van der Waals surface area contributed by atoms with Gasteiger partial charge in [0.25, 0.3) is 0 Å². The molecule has 0 saturated carbocycles. The number of carbonyl (C=O) groups is 3. The minimum absolute atomic E-state index is 0.00565. The first-order valence-corrected chi connectivity index (χ1v) is 9.63. The molecule has 0 radical (unpaired) electrons. The van der Waals surface area contributed by atoms with E-state index in [1.165, 1.54) is 22.7 Å². The summed E-state index contributed by atoms with van der Waals surface area (Å²) in [6.07, 6.45) is 1.27. The average Bonchev–Trinajstić information content (AvgIpc) is 2.96. The van der Waals surface area contributed by atoms with Gasteiger partial charge in [-0.1, -0.05) is 23.4 Å². The number of hydrogen-bond donors (Lipinski definition) is 0. The molecule has 1 aliphatic heterocycles. The summed E-state index contributed by atoms with van der Waals surface area (Å²) in [5.41, 5.74) is 0.841. The Balaban J connectivity index is 1.78. The van der Waals surface area contributed by atoms with E-state index in [9.17, 15) is 14.4 Å². The van der Waals surface area contributed by atoms with E-state index < -0.39 is 11.9 Å². The van der Waals surface area contributed by atoms with Gasteiger partial charge < -0.3 is 19.1 Å². The van der Waals surface area contributed by atoms with Gasteiger partial charge in [0.2, 0.25) is 5.91 Å². The first-order valence-electron chi connectivity index (χ1n) is 8.27. The summed E-state index contributed by atoms with van der Waals surface area (Å²) in [5.74, 6) is -0.474. The number of carbonyl (C=O) groups excluding carboxylic acids is 3. The standard InChI is InChI=1S/C18H20ClNO6S/c1-3-24-17(22)9-16-20(15(21)11-27-16)6-7-25-18(23)10-26-13-4-5-14(19)12(2)8-13/h4-5,8-9H,3,6-7,10-11H2,1-2H3/b16-9-. The van der Waals surface area contributed by atoms with Crippen LogP contribution in [0.15, 0.2) is 29.3 Å². The van der Waals surface area contributed by atoms with Gasteiger partial charge in [-0.15, -0.1) is 0 Å². The molecule has 1 aromatic carbocycles. The number of thioether (sulfide) groups is 1. The zero-order valence-corrected chi connectivity index (χ0v) is 16.6. The van der Waals surface area contributed by atoms with E-state index in [1.807, 2.05) is 6.92 Å². The van der Waals surface area contributed by atoms with Crippen LogP contribution in [-0.4, -0.2) is 54.9 Å². The molecule has 0 unspecified atom stereocenters. The van der Waals surface area contributed by atoms with Crippen molar-refractivity contribution >= 4 is 41.2 Å². The SMILES string of the molecule is CCOC(=O)/C=C1\SCC(=O)N1CCOC(=O)COc1ccc(Cl)c(C)c1. The number of aryl methyl sites for hydroxylation is 1. The molecular weight excluding hydrogens is 394 g/mol. The molecule has 0 spiro atoms. The van der Waals surface area contributed by atoms with Crippen LogP contribution in [0, 0.1) is 6.92 Å². The smallest absolute Gasteiger partial charge is 0.344 e. The van der Waals surface area contributed by atoms with Gasteiger partial charge in [0.05, 0.1) is 30.0 Å². The van der Waals surface area contributed by atoms with Gasteiger partial charge in [-0.3, -0.25) is 4.79 Å². The fourth-order valence-corrected chi connectivity index (χ4v) is 3.27. The average molecular weight is 414 g/mol. The second kappa shape index (κ2) is 10.2. The second-order valence-corrected chi connectivity index (χ2v) is 6.89. The van der Waals surface area contributed by atoms with Crippen molar-refractivity contribution in [1.29, 1.82) is 0 Å². The quantitative estimate of drug-likeness (QED) is 0.478. The maximum atomic E-state index is 11.9. The first-order chi connectivity index (χ1) is 12.9. The Bertz CT molecular complexity index is 751. The summed E-state index contributed by atoms with van der Waals surface area (Å²) in [6, 6.07) is 5.07. The van der Waals surface area contributed by atoms with E-state index in [2.05, 4.69) is 0 Å². The Labute approximate surface area is 166 Å². The third kappa shape index (κ3) is 6.48. The number of halogens is 1. The Morgan fingerprint density at radius 1 is 1.33 bits per heavy atom. The normalized spacial score (nSPS) is 15.1. The number of rotatable bonds is 8. The van der Waals surface area contributed by atoms with E-state index in [0.717, 1.165) is 5.56 Å². The first kappa shape index (κ1) is 21.1. The van der Waals surface area contributed by atoms with Crippen LogP contribution in [0.5, 0.6) is 5.75 Å². The molecule has 1 fully saturated rings. The van der Waals surface area contributed by atoms with Crippen molar-refractivity contribution in [2.24, 2.45) is 0 Å². The van der Waals surface area contributed by atoms with E-state index in [-0.39, 0.29) is 38.0 Å². The number of ether oxygens (including phenoxy) is 3. The number of hydrogen-bond acceptors (Lipinski definition) is 7. The van der Waals surface area contributed by atoms with Gasteiger partial charge in [0.1, 0.15) is 12.4 Å². The van der Waals surface area contributed by atoms with Crippen molar-refractivity contribution < 1.29 is 28.6 Å². The third-order valence-corrected chi connectivity index (χ3v) is 4.95. The van der Waals surface area contributed by atoms with E-state index >= 15 is 0 Å². The van der Waals surface area contributed by atoms with Crippen LogP contribution >= 0.6 is 23.4 Å². The Kier molecular flexibility index (Phi) is 7.99. The summed E-state index contributed by atoms with van der Waals surface area (Å²) in [6.45, 7) is 3.69. The van der Waals surface area contributed by atoms with Gasteiger partial charge in [0.15, 0.2) is 6.61 Å². The minimum Gasteiger partial charge on any atom is -0.482 e. The van der Waals surface area contributed by atoms with Crippen molar-refractivity contribution in [3.63, 3.8) is 0 Å². The van der Waals surface area contributed by atoms with Crippen LogP contribution in [0.1, 0.15) is 12.5 Å². The van der Waals surface area contributed by atoms with Crippen molar-refractivity contribution in [1.82, 2.24) is 4.90 Å². The van der Waals surface area contributed by atoms with Crippen LogP contribution in [0.2, 0.25) is 5.02 Å². The molecule has 7 nitrogen and oxygen atoms in total. The highest BCUT2D eigenvalue weighted by atomic mass is 35.5. The topological polar surface area (TPSA) is 82.1 Å². The molecule has 1 amide bonds. The van der Waals surface area contributed by atoms with Crippen LogP contribution < -0.4 is 4.74 Å². The molecular formula is C18H20ClNO6S. The fraction of sp³-hybridized carbons (Fsp3) is 0.389. The predicted molar refractivity (Wildman–Crippen MR) is 102 cm³/mol. The van der Waals surface area contributed by atoms with E-state index in [4.69, 9.17) is 25.8 Å². The summed E-state index contributed by atoms with van der Waals surface area (Å²) in [7, 11) is 0. The molecule has 1 aliphatic rings. The maximum absolute atomic E-state index is 11.9. The van der Waals surface area contributed by atoms with Gasteiger partial charge >= 0.3 is 11.9 Å². The van der Waals surface area contributed by atoms with Gasteiger partial charge in [0, 0.05) is 5.02 Å². The molecule has 0 aromatic heterocycles. The second-order valence-electron chi connectivity index (χ2n) is 5.49. The van der Waals surface area contributed by atoms with E-state index in [0.29, 0.717) is 15.8 Å². The number of benzene rings is 1. The van der Waals surface area contributed by atoms with Crippen LogP contribution in [0.25, 0.3) is 0 Å². The Morgan fingerprint density at radius 2 is 2.11 bits per heavy atom. The Hall–Kier alpha value is -2.19. The van der Waals surface area contributed by atoms with Crippen LogP contribution in [-0.2, 0) is 23.9 Å². The molecule has 0 bridgehead atoms. The van der Waals surface area contributed by atoms with Crippen molar-refractivity contribution in [2.45, 2.75) is 13.8 Å². The lowest BCUT2D eigenvalue weighted by Gasteiger charge is -2.16. The van der Waals surface area contributed by atoms with Crippen molar-refractivity contribution in [3.8, 4) is 5.75 Å². The van der Waals surface area contributed by atoms with Crippen LogP contribution in [0.3, 0.4) is 0 Å². The Morgan fingerprint density at radius 3 is 2.81 bits per heavy atom.